The van der Waals surface area contributed by atoms with Gasteiger partial charge in [-0.25, -0.2) is 0 Å². The molecule has 2 N–H and O–H groups in total. The summed E-state index contributed by atoms with van der Waals surface area (Å²) in [4.78, 5) is 1.22. The fourth-order valence-corrected chi connectivity index (χ4v) is 3.14. The van der Waals surface area contributed by atoms with Crippen LogP contribution in [0.1, 0.15) is 13.3 Å². The molecule has 0 spiro atoms. The summed E-state index contributed by atoms with van der Waals surface area (Å²) in [5.74, 6) is 0. The van der Waals surface area contributed by atoms with Crippen molar-refractivity contribution in [3.05, 3.63) is 23.2 Å². The Morgan fingerprint density at radius 1 is 1.53 bits per heavy atom. The zero-order chi connectivity index (χ0) is 10.8. The number of aliphatic hydroxyl groups is 1. The molecular formula is C11H14ClNOS. The van der Waals surface area contributed by atoms with E-state index >= 15 is 0 Å². The second-order valence-electron chi connectivity index (χ2n) is 3.74. The molecule has 0 amide bonds. The van der Waals surface area contributed by atoms with Gasteiger partial charge in [0.05, 0.1) is 0 Å². The number of anilines is 1. The Labute approximate surface area is 99.0 Å². The number of rotatable bonds is 2. The van der Waals surface area contributed by atoms with Crippen molar-refractivity contribution < 1.29 is 5.11 Å². The Morgan fingerprint density at radius 2 is 2.33 bits per heavy atom. The minimum absolute atomic E-state index is 0.243. The quantitative estimate of drug-likeness (QED) is 0.838. The van der Waals surface area contributed by atoms with Crippen LogP contribution in [0, 0.1) is 0 Å². The zero-order valence-corrected chi connectivity index (χ0v) is 10.1. The van der Waals surface area contributed by atoms with E-state index in [1.807, 2.05) is 30.0 Å². The molecule has 0 aliphatic carbocycles. The highest BCUT2D eigenvalue weighted by molar-refractivity contribution is 8.00. The van der Waals surface area contributed by atoms with E-state index in [0.717, 1.165) is 17.1 Å². The van der Waals surface area contributed by atoms with Gasteiger partial charge in [-0.05, 0) is 31.5 Å². The molecule has 2 atom stereocenters. The van der Waals surface area contributed by atoms with Gasteiger partial charge in [-0.3, -0.25) is 0 Å². The molecule has 0 saturated carbocycles. The van der Waals surface area contributed by atoms with E-state index in [9.17, 15) is 0 Å². The average molecular weight is 244 g/mol. The summed E-state index contributed by atoms with van der Waals surface area (Å²) in [6.07, 6.45) is 0.820. The molecular weight excluding hydrogens is 230 g/mol. The van der Waals surface area contributed by atoms with Gasteiger partial charge in [0.2, 0.25) is 0 Å². The van der Waals surface area contributed by atoms with E-state index in [2.05, 4.69) is 12.2 Å². The van der Waals surface area contributed by atoms with Gasteiger partial charge in [0, 0.05) is 33.5 Å². The lowest BCUT2D eigenvalue weighted by Gasteiger charge is -2.31. The molecule has 1 aromatic carbocycles. The summed E-state index contributed by atoms with van der Waals surface area (Å²) in [6, 6.07) is 6.26. The van der Waals surface area contributed by atoms with Crippen molar-refractivity contribution in [3.8, 4) is 0 Å². The zero-order valence-electron chi connectivity index (χ0n) is 8.53. The molecule has 1 aliphatic rings. The van der Waals surface area contributed by atoms with Crippen LogP contribution >= 0.6 is 23.4 Å². The van der Waals surface area contributed by atoms with Crippen molar-refractivity contribution in [2.45, 2.75) is 29.5 Å². The smallest absolute Gasteiger partial charge is 0.0495 e. The van der Waals surface area contributed by atoms with Crippen LogP contribution in [0.5, 0.6) is 0 Å². The van der Waals surface area contributed by atoms with Gasteiger partial charge < -0.3 is 10.4 Å². The summed E-state index contributed by atoms with van der Waals surface area (Å²) in [6.45, 7) is 2.38. The Hall–Kier alpha value is -0.380. The van der Waals surface area contributed by atoms with Crippen LogP contribution in [0.3, 0.4) is 0 Å². The number of nitrogens with one attached hydrogen (secondary N) is 1. The molecule has 4 heteroatoms. The summed E-state index contributed by atoms with van der Waals surface area (Å²) in [7, 11) is 0. The molecule has 2 nitrogen and oxygen atoms in total. The largest absolute Gasteiger partial charge is 0.396 e. The standard InChI is InChI=1S/C11H14ClNOS/c1-7-10(4-5-14)15-11-3-2-8(12)6-9(11)13-7/h2-3,6-7,10,13-14H,4-5H2,1H3. The van der Waals surface area contributed by atoms with Crippen LogP contribution in [0.4, 0.5) is 5.69 Å². The highest BCUT2D eigenvalue weighted by Gasteiger charge is 2.24. The Bertz CT molecular complexity index is 358. The molecule has 1 aromatic rings. The van der Waals surface area contributed by atoms with Gasteiger partial charge in [-0.15, -0.1) is 11.8 Å². The van der Waals surface area contributed by atoms with Gasteiger partial charge in [0.25, 0.3) is 0 Å². The summed E-state index contributed by atoms with van der Waals surface area (Å²) in [5.41, 5.74) is 1.11. The van der Waals surface area contributed by atoms with Crippen LogP contribution in [0.2, 0.25) is 5.02 Å². The molecule has 2 rings (SSSR count). The monoisotopic (exact) mass is 243 g/mol. The number of halogens is 1. The minimum atomic E-state index is 0.243. The van der Waals surface area contributed by atoms with E-state index in [1.165, 1.54) is 4.90 Å². The fraction of sp³-hybridized carbons (Fsp3) is 0.455. The molecule has 2 unspecified atom stereocenters. The molecule has 0 radical (unpaired) electrons. The molecule has 1 aliphatic heterocycles. The predicted molar refractivity (Wildman–Crippen MR) is 65.9 cm³/mol. The molecule has 1 heterocycles. The maximum absolute atomic E-state index is 8.97. The van der Waals surface area contributed by atoms with Crippen molar-refractivity contribution in [1.29, 1.82) is 0 Å². The van der Waals surface area contributed by atoms with E-state index in [0.29, 0.717) is 11.3 Å². The first-order chi connectivity index (χ1) is 7.20. The average Bonchev–Trinajstić information content (AvgIpc) is 2.20. The predicted octanol–water partition coefficient (Wildman–Crippen LogP) is 3.00. The number of hydrogen-bond donors (Lipinski definition) is 2. The van der Waals surface area contributed by atoms with Crippen molar-refractivity contribution in [1.82, 2.24) is 0 Å². The Balaban J connectivity index is 2.22. The van der Waals surface area contributed by atoms with Gasteiger partial charge in [0.15, 0.2) is 0 Å². The summed E-state index contributed by atoms with van der Waals surface area (Å²) < 4.78 is 0. The second kappa shape index (κ2) is 4.64. The maximum Gasteiger partial charge on any atom is 0.0495 e. The topological polar surface area (TPSA) is 32.3 Å². The highest BCUT2D eigenvalue weighted by atomic mass is 35.5. The Morgan fingerprint density at radius 3 is 3.07 bits per heavy atom. The molecule has 0 saturated heterocycles. The third-order valence-electron chi connectivity index (χ3n) is 2.57. The lowest BCUT2D eigenvalue weighted by molar-refractivity contribution is 0.284. The van der Waals surface area contributed by atoms with E-state index < -0.39 is 0 Å². The molecule has 0 aromatic heterocycles. The fourth-order valence-electron chi connectivity index (χ4n) is 1.76. The lowest BCUT2D eigenvalue weighted by Crippen LogP contribution is -2.32. The molecule has 82 valence electrons. The van der Waals surface area contributed by atoms with E-state index in [1.54, 1.807) is 0 Å². The maximum atomic E-state index is 8.97. The number of benzene rings is 1. The van der Waals surface area contributed by atoms with Crippen molar-refractivity contribution in [2.75, 3.05) is 11.9 Å². The molecule has 0 fully saturated rings. The van der Waals surface area contributed by atoms with Gasteiger partial charge in [0.1, 0.15) is 0 Å². The second-order valence-corrected chi connectivity index (χ2v) is 5.46. The van der Waals surface area contributed by atoms with E-state index in [4.69, 9.17) is 16.7 Å². The first kappa shape index (κ1) is 11.1. The number of hydrogen-bond acceptors (Lipinski definition) is 3. The lowest BCUT2D eigenvalue weighted by atomic mass is 10.1. The van der Waals surface area contributed by atoms with Crippen molar-refractivity contribution in [2.24, 2.45) is 0 Å². The minimum Gasteiger partial charge on any atom is -0.396 e. The van der Waals surface area contributed by atoms with Crippen molar-refractivity contribution in [3.63, 3.8) is 0 Å². The van der Waals surface area contributed by atoms with Gasteiger partial charge >= 0.3 is 0 Å². The molecule has 0 bridgehead atoms. The highest BCUT2D eigenvalue weighted by Crippen LogP contribution is 2.39. The van der Waals surface area contributed by atoms with Crippen molar-refractivity contribution >= 4 is 29.1 Å². The first-order valence-electron chi connectivity index (χ1n) is 5.04. The number of aliphatic hydroxyl groups excluding tert-OH is 1. The van der Waals surface area contributed by atoms with Crippen LogP contribution in [0.15, 0.2) is 23.1 Å². The SMILES string of the molecule is CC1Nc2cc(Cl)ccc2SC1CCO. The van der Waals surface area contributed by atoms with Gasteiger partial charge in [-0.2, -0.15) is 0 Å². The normalized spacial score (nSPS) is 24.5. The first-order valence-corrected chi connectivity index (χ1v) is 6.30. The van der Waals surface area contributed by atoms with E-state index in [-0.39, 0.29) is 6.61 Å². The number of thioether (sulfide) groups is 1. The Kier molecular flexibility index (Phi) is 3.44. The van der Waals surface area contributed by atoms with Crippen LogP contribution < -0.4 is 5.32 Å². The number of fused-ring (bicyclic) bond motifs is 1. The van der Waals surface area contributed by atoms with Gasteiger partial charge in [-0.1, -0.05) is 11.6 Å². The summed E-state index contributed by atoms with van der Waals surface area (Å²) >= 11 is 7.75. The molecule has 15 heavy (non-hydrogen) atoms. The van der Waals surface area contributed by atoms with Crippen LogP contribution in [-0.2, 0) is 0 Å². The third kappa shape index (κ3) is 2.41. The van der Waals surface area contributed by atoms with Crippen LogP contribution in [0.25, 0.3) is 0 Å². The summed E-state index contributed by atoms with van der Waals surface area (Å²) in [5, 5.41) is 13.6. The van der Waals surface area contributed by atoms with Crippen LogP contribution in [-0.4, -0.2) is 23.0 Å². The third-order valence-corrected chi connectivity index (χ3v) is 4.37.